The molecule has 10 heteroatoms. The number of nitrogens with two attached hydrogens (primary N) is 1. The number of primary sulfonamides is 1. The van der Waals surface area contributed by atoms with Crippen molar-refractivity contribution in [1.29, 1.82) is 0 Å². The molecule has 0 bridgehead atoms. The fraction of sp³-hybridized carbons (Fsp3) is 0.455. The Hall–Kier alpha value is -0.870. The van der Waals surface area contributed by atoms with Crippen LogP contribution in [0.25, 0.3) is 0 Å². The van der Waals surface area contributed by atoms with E-state index in [1.54, 1.807) is 0 Å². The summed E-state index contributed by atoms with van der Waals surface area (Å²) in [5.74, 6) is 0. The molecule has 1 aromatic rings. The number of rotatable bonds is 4. The highest BCUT2D eigenvalue weighted by Crippen LogP contribution is 2.26. The molecular weight excluding hydrogens is 340 g/mol. The van der Waals surface area contributed by atoms with E-state index in [0.29, 0.717) is 26.1 Å². The van der Waals surface area contributed by atoms with Crippen LogP contribution in [-0.2, 0) is 24.8 Å². The first-order valence-electron chi connectivity index (χ1n) is 6.12. The van der Waals surface area contributed by atoms with Crippen molar-refractivity contribution in [2.24, 2.45) is 5.14 Å². The van der Waals surface area contributed by atoms with Gasteiger partial charge in [0.1, 0.15) is 4.90 Å². The largest absolute Gasteiger partial charge is 0.381 e. The molecule has 21 heavy (non-hydrogen) atoms. The Kier molecular flexibility index (Phi) is 4.79. The van der Waals surface area contributed by atoms with Crippen LogP contribution in [-0.4, -0.2) is 35.3 Å². The summed E-state index contributed by atoms with van der Waals surface area (Å²) in [6.07, 6.45) is 0.830. The lowest BCUT2D eigenvalue weighted by Gasteiger charge is -2.22. The summed E-state index contributed by atoms with van der Waals surface area (Å²) in [7, 11) is -7.51. The second-order valence-corrected chi connectivity index (χ2v) is 8.55. The van der Waals surface area contributed by atoms with Crippen molar-refractivity contribution in [3.63, 3.8) is 0 Å². The zero-order valence-electron chi connectivity index (χ0n) is 11.0. The predicted octanol–water partition coefficient (Wildman–Crippen LogP) is 0.908. The third kappa shape index (κ3) is 4.07. The number of sulfonamides is 2. The van der Waals surface area contributed by atoms with Gasteiger partial charge in [0.15, 0.2) is 0 Å². The molecule has 0 unspecified atom stereocenters. The van der Waals surface area contributed by atoms with Crippen molar-refractivity contribution >= 4 is 37.3 Å². The van der Waals surface area contributed by atoms with Crippen LogP contribution in [0.5, 0.6) is 0 Å². The molecule has 1 heterocycles. The van der Waals surface area contributed by atoms with Crippen LogP contribution in [0, 0.1) is 0 Å². The monoisotopic (exact) mass is 354 g/mol. The highest BCUT2D eigenvalue weighted by atomic mass is 35.5. The summed E-state index contributed by atoms with van der Waals surface area (Å²) in [4.78, 5) is -0.252. The smallest absolute Gasteiger partial charge is 0.239 e. The molecule has 0 spiro atoms. The lowest BCUT2D eigenvalue weighted by molar-refractivity contribution is 0.0984. The molecule has 1 saturated heterocycles. The van der Waals surface area contributed by atoms with E-state index in [2.05, 4.69) is 4.72 Å². The molecular formula is C11H15ClN2O5S2. The fourth-order valence-electron chi connectivity index (χ4n) is 2.03. The first-order chi connectivity index (χ1) is 9.70. The van der Waals surface area contributed by atoms with Gasteiger partial charge in [0, 0.05) is 13.2 Å². The Bertz CT molecular complexity index is 727. The van der Waals surface area contributed by atoms with E-state index in [-0.39, 0.29) is 15.6 Å². The molecule has 0 radical (unpaired) electrons. The minimum absolute atomic E-state index is 0.135. The van der Waals surface area contributed by atoms with Gasteiger partial charge < -0.3 is 4.74 Å². The summed E-state index contributed by atoms with van der Waals surface area (Å²) in [5, 5.41) is 4.31. The predicted molar refractivity (Wildman–Crippen MR) is 79.2 cm³/mol. The summed E-state index contributed by atoms with van der Waals surface area (Å²) in [6, 6.07) is 3.69. The van der Waals surface area contributed by atoms with Crippen molar-refractivity contribution in [2.75, 3.05) is 17.9 Å². The molecule has 0 aliphatic carbocycles. The lowest BCUT2D eigenvalue weighted by atomic mass is 10.2. The van der Waals surface area contributed by atoms with E-state index in [9.17, 15) is 16.8 Å². The second-order valence-electron chi connectivity index (χ2n) is 4.65. The first kappa shape index (κ1) is 16.5. The molecule has 2 rings (SSSR count). The molecule has 0 saturated carbocycles. The van der Waals surface area contributed by atoms with E-state index in [1.165, 1.54) is 18.2 Å². The van der Waals surface area contributed by atoms with Gasteiger partial charge >= 0.3 is 0 Å². The Morgan fingerprint density at radius 2 is 1.81 bits per heavy atom. The van der Waals surface area contributed by atoms with Crippen LogP contribution in [0.3, 0.4) is 0 Å². The zero-order chi connectivity index (χ0) is 15.7. The van der Waals surface area contributed by atoms with Gasteiger partial charge in [-0.15, -0.1) is 0 Å². The lowest BCUT2D eigenvalue weighted by Crippen LogP contribution is -2.33. The molecule has 1 aliphatic rings. The topological polar surface area (TPSA) is 116 Å². The van der Waals surface area contributed by atoms with Gasteiger partial charge in [0.25, 0.3) is 0 Å². The Balaban J connectivity index is 2.22. The molecule has 3 N–H and O–H groups in total. The summed E-state index contributed by atoms with van der Waals surface area (Å²) in [6.45, 7) is 0.799. The Labute approximate surface area is 128 Å². The molecule has 0 aromatic heterocycles. The van der Waals surface area contributed by atoms with E-state index >= 15 is 0 Å². The number of hydrogen-bond acceptors (Lipinski definition) is 5. The highest BCUT2D eigenvalue weighted by Gasteiger charge is 2.28. The van der Waals surface area contributed by atoms with Crippen LogP contribution in [0.15, 0.2) is 23.1 Å². The normalized spacial score (nSPS) is 17.6. The van der Waals surface area contributed by atoms with Crippen molar-refractivity contribution in [3.8, 4) is 0 Å². The molecule has 0 atom stereocenters. The molecule has 0 amide bonds. The maximum absolute atomic E-state index is 12.2. The van der Waals surface area contributed by atoms with Gasteiger partial charge in [0.2, 0.25) is 20.0 Å². The second kappa shape index (κ2) is 6.09. The summed E-state index contributed by atoms with van der Waals surface area (Å²) >= 11 is 5.81. The minimum atomic E-state index is -3.94. The minimum Gasteiger partial charge on any atom is -0.381 e. The molecule has 1 fully saturated rings. The maximum atomic E-state index is 12.2. The van der Waals surface area contributed by atoms with E-state index in [0.717, 1.165) is 0 Å². The number of nitrogens with one attached hydrogen (secondary N) is 1. The van der Waals surface area contributed by atoms with Crippen molar-refractivity contribution < 1.29 is 21.6 Å². The van der Waals surface area contributed by atoms with Gasteiger partial charge in [-0.3, -0.25) is 4.72 Å². The zero-order valence-corrected chi connectivity index (χ0v) is 13.3. The van der Waals surface area contributed by atoms with Gasteiger partial charge in [-0.25, -0.2) is 22.0 Å². The SMILES string of the molecule is NS(=O)(=O)c1ccc(NS(=O)(=O)C2CCOCC2)cc1Cl. The number of ether oxygens (including phenoxy) is 1. The third-order valence-electron chi connectivity index (χ3n) is 3.11. The fourth-order valence-corrected chi connectivity index (χ4v) is 4.56. The standard InChI is InChI=1S/C11H15ClN2O5S2/c12-10-7-8(1-2-11(10)20(13,15)16)14-21(17,18)9-3-5-19-6-4-9/h1-2,7,9,14H,3-6H2,(H2,13,15,16). The van der Waals surface area contributed by atoms with E-state index in [4.69, 9.17) is 21.5 Å². The molecule has 7 nitrogen and oxygen atoms in total. The van der Waals surface area contributed by atoms with Crippen LogP contribution in [0.4, 0.5) is 5.69 Å². The quantitative estimate of drug-likeness (QED) is 0.833. The van der Waals surface area contributed by atoms with E-state index < -0.39 is 25.3 Å². The summed E-state index contributed by atoms with van der Waals surface area (Å²) < 4.78 is 54.4. The van der Waals surface area contributed by atoms with Crippen molar-refractivity contribution in [1.82, 2.24) is 0 Å². The average Bonchev–Trinajstić information content (AvgIpc) is 2.37. The molecule has 118 valence electrons. The van der Waals surface area contributed by atoms with Crippen molar-refractivity contribution in [3.05, 3.63) is 23.2 Å². The number of benzene rings is 1. The molecule has 1 aromatic carbocycles. The van der Waals surface area contributed by atoms with Crippen LogP contribution in [0.2, 0.25) is 5.02 Å². The average molecular weight is 355 g/mol. The highest BCUT2D eigenvalue weighted by molar-refractivity contribution is 7.93. The first-order valence-corrected chi connectivity index (χ1v) is 9.59. The van der Waals surface area contributed by atoms with Gasteiger partial charge in [0.05, 0.1) is 16.0 Å². The van der Waals surface area contributed by atoms with Crippen LogP contribution < -0.4 is 9.86 Å². The maximum Gasteiger partial charge on any atom is 0.239 e. The number of hydrogen-bond donors (Lipinski definition) is 2. The summed E-state index contributed by atoms with van der Waals surface area (Å²) in [5.41, 5.74) is 0.193. The Morgan fingerprint density at radius 1 is 1.19 bits per heavy atom. The molecule has 1 aliphatic heterocycles. The van der Waals surface area contributed by atoms with Crippen molar-refractivity contribution in [2.45, 2.75) is 23.0 Å². The van der Waals surface area contributed by atoms with Crippen LogP contribution in [0.1, 0.15) is 12.8 Å². The van der Waals surface area contributed by atoms with Gasteiger partial charge in [-0.05, 0) is 31.0 Å². The Morgan fingerprint density at radius 3 is 2.33 bits per heavy atom. The third-order valence-corrected chi connectivity index (χ3v) is 6.37. The van der Waals surface area contributed by atoms with Gasteiger partial charge in [-0.2, -0.15) is 0 Å². The number of anilines is 1. The number of halogens is 1. The van der Waals surface area contributed by atoms with E-state index in [1.807, 2.05) is 0 Å². The van der Waals surface area contributed by atoms with Gasteiger partial charge in [-0.1, -0.05) is 11.6 Å². The van der Waals surface area contributed by atoms with Crippen LogP contribution >= 0.6 is 11.6 Å².